The molecule has 7 nitrogen and oxygen atoms in total. The number of rotatable bonds is 7. The van der Waals surface area contributed by atoms with Crippen LogP contribution in [0.2, 0.25) is 0 Å². The Bertz CT molecular complexity index is 1470. The Hall–Kier alpha value is -2.95. The van der Waals surface area contributed by atoms with E-state index in [0.29, 0.717) is 27.7 Å². The number of hydrogen-bond donors (Lipinski definition) is 2. The summed E-state index contributed by atoms with van der Waals surface area (Å²) >= 11 is 4.46. The number of nitrogens with one attached hydrogen (secondary N) is 2. The van der Waals surface area contributed by atoms with Crippen molar-refractivity contribution in [2.24, 2.45) is 0 Å². The highest BCUT2D eigenvalue weighted by atomic mass is 32.2. The molecule has 5 rings (SSSR count). The SMILES string of the molecule is CC(Sc1n[nH]c(=O)n1CCc1ccccc1)c1nc2scc(-c3cccs3)c2c(=O)[nH]1. The molecule has 0 saturated heterocycles. The number of aromatic nitrogens is 5. The van der Waals surface area contributed by atoms with Crippen LogP contribution in [0.25, 0.3) is 20.7 Å². The first-order valence-corrected chi connectivity index (χ1v) is 12.6. The molecule has 0 aliphatic carbocycles. The molecule has 0 fully saturated rings. The molecule has 4 aromatic heterocycles. The Morgan fingerprint density at radius 1 is 1.12 bits per heavy atom. The van der Waals surface area contributed by atoms with Crippen LogP contribution in [-0.4, -0.2) is 24.7 Å². The van der Waals surface area contributed by atoms with Gasteiger partial charge in [0.15, 0.2) is 5.16 Å². The van der Waals surface area contributed by atoms with Crippen LogP contribution in [0.4, 0.5) is 0 Å². The van der Waals surface area contributed by atoms with E-state index in [0.717, 1.165) is 22.4 Å². The van der Waals surface area contributed by atoms with E-state index in [-0.39, 0.29) is 16.5 Å². The van der Waals surface area contributed by atoms with Gasteiger partial charge in [0.2, 0.25) is 0 Å². The molecule has 0 amide bonds. The van der Waals surface area contributed by atoms with E-state index in [1.165, 1.54) is 23.1 Å². The monoisotopic (exact) mass is 481 g/mol. The Balaban J connectivity index is 1.39. The summed E-state index contributed by atoms with van der Waals surface area (Å²) in [7, 11) is 0. The van der Waals surface area contributed by atoms with Gasteiger partial charge >= 0.3 is 5.69 Å². The minimum Gasteiger partial charge on any atom is -0.309 e. The van der Waals surface area contributed by atoms with Gasteiger partial charge in [0.1, 0.15) is 10.7 Å². The summed E-state index contributed by atoms with van der Waals surface area (Å²) in [4.78, 5) is 34.6. The molecular formula is C22H19N5O2S3. The van der Waals surface area contributed by atoms with Crippen molar-refractivity contribution >= 4 is 44.7 Å². The summed E-state index contributed by atoms with van der Waals surface area (Å²) in [5, 5.41) is 11.7. The molecule has 0 saturated carbocycles. The molecule has 0 spiro atoms. The van der Waals surface area contributed by atoms with E-state index in [1.807, 2.05) is 60.1 Å². The van der Waals surface area contributed by atoms with Gasteiger partial charge in [0.25, 0.3) is 5.56 Å². The van der Waals surface area contributed by atoms with Crippen LogP contribution in [0, 0.1) is 0 Å². The predicted octanol–water partition coefficient (Wildman–Crippen LogP) is 4.69. The van der Waals surface area contributed by atoms with E-state index < -0.39 is 0 Å². The molecule has 5 aromatic rings. The van der Waals surface area contributed by atoms with Crippen molar-refractivity contribution in [1.82, 2.24) is 24.7 Å². The Morgan fingerprint density at radius 2 is 1.97 bits per heavy atom. The van der Waals surface area contributed by atoms with Crippen molar-refractivity contribution in [3.8, 4) is 10.4 Å². The predicted molar refractivity (Wildman–Crippen MR) is 131 cm³/mol. The molecule has 1 aromatic carbocycles. The lowest BCUT2D eigenvalue weighted by Crippen LogP contribution is -2.19. The molecule has 4 heterocycles. The lowest BCUT2D eigenvalue weighted by atomic mass is 10.1. The minimum absolute atomic E-state index is 0.148. The van der Waals surface area contributed by atoms with Gasteiger partial charge in [0.05, 0.1) is 10.6 Å². The maximum atomic E-state index is 12.9. The molecule has 162 valence electrons. The van der Waals surface area contributed by atoms with Crippen molar-refractivity contribution in [3.63, 3.8) is 0 Å². The quantitative estimate of drug-likeness (QED) is 0.329. The number of thiophene rings is 2. The Morgan fingerprint density at radius 3 is 2.75 bits per heavy atom. The molecular weight excluding hydrogens is 462 g/mol. The molecule has 0 bridgehead atoms. The molecule has 1 unspecified atom stereocenters. The highest BCUT2D eigenvalue weighted by molar-refractivity contribution is 7.99. The lowest BCUT2D eigenvalue weighted by Gasteiger charge is -2.11. The molecule has 10 heteroatoms. The van der Waals surface area contributed by atoms with Crippen molar-refractivity contribution < 1.29 is 0 Å². The molecule has 32 heavy (non-hydrogen) atoms. The van der Waals surface area contributed by atoms with Gasteiger partial charge in [-0.3, -0.25) is 9.36 Å². The van der Waals surface area contributed by atoms with Crippen LogP contribution >= 0.6 is 34.4 Å². The molecule has 2 N–H and O–H groups in total. The zero-order valence-corrected chi connectivity index (χ0v) is 19.5. The van der Waals surface area contributed by atoms with Crippen molar-refractivity contribution in [2.45, 2.75) is 30.3 Å². The number of aryl methyl sites for hydroxylation is 1. The Labute approximate surface area is 195 Å². The third-order valence-electron chi connectivity index (χ3n) is 5.11. The number of H-pyrrole nitrogens is 2. The van der Waals surface area contributed by atoms with Gasteiger partial charge in [-0.2, -0.15) is 0 Å². The summed E-state index contributed by atoms with van der Waals surface area (Å²) in [6, 6.07) is 14.0. The second-order valence-electron chi connectivity index (χ2n) is 7.22. The van der Waals surface area contributed by atoms with E-state index >= 15 is 0 Å². The maximum absolute atomic E-state index is 12.9. The van der Waals surface area contributed by atoms with Crippen LogP contribution in [0.3, 0.4) is 0 Å². The number of benzene rings is 1. The lowest BCUT2D eigenvalue weighted by molar-refractivity contribution is 0.614. The molecule has 0 radical (unpaired) electrons. The second kappa shape index (κ2) is 8.89. The van der Waals surface area contributed by atoms with Gasteiger partial charge in [-0.25, -0.2) is 14.9 Å². The second-order valence-corrected chi connectivity index (χ2v) is 10.3. The Kier molecular flexibility index (Phi) is 5.81. The fourth-order valence-corrected chi connectivity index (χ4v) is 6.17. The smallest absolute Gasteiger partial charge is 0.309 e. The number of aromatic amines is 2. The van der Waals surface area contributed by atoms with Crippen LogP contribution < -0.4 is 11.2 Å². The topological polar surface area (TPSA) is 96.4 Å². The van der Waals surface area contributed by atoms with Crippen molar-refractivity contribution in [1.29, 1.82) is 0 Å². The van der Waals surface area contributed by atoms with E-state index in [9.17, 15) is 9.59 Å². The standard InChI is InChI=1S/C22H19N5O2S3/c1-13(32-22-26-25-21(29)27(22)10-9-14-6-3-2-4-7-14)18-23-19(28)17-15(12-31-20(17)24-18)16-8-5-11-30-16/h2-8,11-13H,9-10H2,1H3,(H,25,29)(H,23,24,28). The number of thioether (sulfide) groups is 1. The third-order valence-corrected chi connectivity index (χ3v) is 7.98. The van der Waals surface area contributed by atoms with Gasteiger partial charge in [0, 0.05) is 22.4 Å². The van der Waals surface area contributed by atoms with Crippen LogP contribution in [-0.2, 0) is 13.0 Å². The van der Waals surface area contributed by atoms with Crippen molar-refractivity contribution in [2.75, 3.05) is 0 Å². The molecule has 1 atom stereocenters. The number of nitrogens with zero attached hydrogens (tertiary/aromatic N) is 3. The third kappa shape index (κ3) is 4.08. The van der Waals surface area contributed by atoms with Crippen molar-refractivity contribution in [3.05, 3.63) is 85.5 Å². The zero-order valence-electron chi connectivity index (χ0n) is 17.1. The minimum atomic E-state index is -0.244. The first-order valence-electron chi connectivity index (χ1n) is 10.0. The summed E-state index contributed by atoms with van der Waals surface area (Å²) in [6.45, 7) is 2.47. The van der Waals surface area contributed by atoms with Crippen LogP contribution in [0.5, 0.6) is 0 Å². The molecule has 0 aliphatic rings. The largest absolute Gasteiger partial charge is 0.343 e. The summed E-state index contributed by atoms with van der Waals surface area (Å²) in [5.41, 5.74) is 1.68. The van der Waals surface area contributed by atoms with E-state index in [4.69, 9.17) is 4.98 Å². The van der Waals surface area contributed by atoms with Crippen LogP contribution in [0.15, 0.2) is 68.0 Å². The van der Waals surface area contributed by atoms with E-state index in [1.54, 1.807) is 15.9 Å². The van der Waals surface area contributed by atoms with Gasteiger partial charge in [-0.15, -0.1) is 27.8 Å². The average molecular weight is 482 g/mol. The maximum Gasteiger partial charge on any atom is 0.343 e. The fourth-order valence-electron chi connectivity index (χ4n) is 3.46. The average Bonchev–Trinajstić information content (AvgIpc) is 3.54. The zero-order chi connectivity index (χ0) is 22.1. The number of hydrogen-bond acceptors (Lipinski definition) is 7. The summed E-state index contributed by atoms with van der Waals surface area (Å²) in [5.74, 6) is 0.567. The highest BCUT2D eigenvalue weighted by Crippen LogP contribution is 2.36. The van der Waals surface area contributed by atoms with Crippen LogP contribution in [0.1, 0.15) is 23.6 Å². The van der Waals surface area contributed by atoms with Gasteiger partial charge < -0.3 is 4.98 Å². The summed E-state index contributed by atoms with van der Waals surface area (Å²) < 4.78 is 1.63. The van der Waals surface area contributed by atoms with Gasteiger partial charge in [-0.1, -0.05) is 48.2 Å². The molecule has 0 aliphatic heterocycles. The highest BCUT2D eigenvalue weighted by Gasteiger charge is 2.19. The first kappa shape index (κ1) is 20.9. The number of fused-ring (bicyclic) bond motifs is 1. The van der Waals surface area contributed by atoms with E-state index in [2.05, 4.69) is 15.2 Å². The first-order chi connectivity index (χ1) is 15.6. The normalized spacial score (nSPS) is 12.4. The summed E-state index contributed by atoms with van der Waals surface area (Å²) in [6.07, 6.45) is 0.726. The fraction of sp³-hybridized carbons (Fsp3) is 0.182. The van der Waals surface area contributed by atoms with Gasteiger partial charge in [-0.05, 0) is 30.4 Å².